The van der Waals surface area contributed by atoms with Gasteiger partial charge in [0.05, 0.1) is 16.9 Å². The van der Waals surface area contributed by atoms with Crippen LogP contribution in [0.3, 0.4) is 0 Å². The van der Waals surface area contributed by atoms with E-state index in [1.807, 2.05) is 41.8 Å². The van der Waals surface area contributed by atoms with Crippen molar-refractivity contribution in [3.63, 3.8) is 0 Å². The number of benzene rings is 1. The van der Waals surface area contributed by atoms with Gasteiger partial charge in [-0.1, -0.05) is 18.2 Å². The Morgan fingerprint density at radius 2 is 2.11 bits per heavy atom. The lowest BCUT2D eigenvalue weighted by molar-refractivity contribution is -0.114. The highest BCUT2D eigenvalue weighted by molar-refractivity contribution is 7.12. The Morgan fingerprint density at radius 1 is 1.22 bits per heavy atom. The zero-order valence-corrected chi connectivity index (χ0v) is 15.4. The van der Waals surface area contributed by atoms with Crippen LogP contribution in [0.15, 0.2) is 69.7 Å². The average Bonchev–Trinajstić information content (AvgIpc) is 3.41. The zero-order valence-electron chi connectivity index (χ0n) is 14.6. The fourth-order valence-electron chi connectivity index (χ4n) is 3.07. The second kappa shape index (κ2) is 7.20. The van der Waals surface area contributed by atoms with Crippen LogP contribution in [0.4, 0.5) is 5.69 Å². The summed E-state index contributed by atoms with van der Waals surface area (Å²) in [4.78, 5) is 24.9. The number of anilines is 1. The number of nitrogens with zero attached hydrogens (tertiary/aromatic N) is 2. The van der Waals surface area contributed by atoms with Crippen LogP contribution in [0.1, 0.15) is 40.4 Å². The SMILES string of the molecule is CC(=O)Nc1cccc(C2=NN(C(=O)c3cccs3)C(c3ccco3)C2)c1. The van der Waals surface area contributed by atoms with Gasteiger partial charge in [0.25, 0.3) is 5.91 Å². The number of rotatable bonds is 4. The summed E-state index contributed by atoms with van der Waals surface area (Å²) in [5.74, 6) is 0.402. The van der Waals surface area contributed by atoms with Gasteiger partial charge in [0, 0.05) is 19.0 Å². The molecule has 4 rings (SSSR count). The molecule has 1 aromatic carbocycles. The molecule has 1 N–H and O–H groups in total. The van der Waals surface area contributed by atoms with Crippen molar-refractivity contribution in [2.75, 3.05) is 5.32 Å². The molecule has 0 spiro atoms. The molecule has 1 aliphatic rings. The molecule has 2 amide bonds. The third kappa shape index (κ3) is 3.54. The molecule has 0 saturated carbocycles. The number of hydrogen-bond donors (Lipinski definition) is 1. The van der Waals surface area contributed by atoms with E-state index >= 15 is 0 Å². The van der Waals surface area contributed by atoms with Crippen molar-refractivity contribution in [1.82, 2.24) is 5.01 Å². The normalized spacial score (nSPS) is 16.3. The Kier molecular flexibility index (Phi) is 4.60. The van der Waals surface area contributed by atoms with E-state index in [0.717, 1.165) is 11.3 Å². The van der Waals surface area contributed by atoms with Crippen LogP contribution in [0, 0.1) is 0 Å². The summed E-state index contributed by atoms with van der Waals surface area (Å²) in [6.07, 6.45) is 2.13. The summed E-state index contributed by atoms with van der Waals surface area (Å²) in [7, 11) is 0. The van der Waals surface area contributed by atoms with Crippen LogP contribution in [0.25, 0.3) is 0 Å². The number of carbonyl (C=O) groups is 2. The minimum absolute atomic E-state index is 0.136. The molecule has 3 heterocycles. The summed E-state index contributed by atoms with van der Waals surface area (Å²) in [5.41, 5.74) is 2.33. The largest absolute Gasteiger partial charge is 0.467 e. The van der Waals surface area contributed by atoms with Gasteiger partial charge in [0.2, 0.25) is 5.91 Å². The molecule has 1 atom stereocenters. The van der Waals surface area contributed by atoms with Gasteiger partial charge >= 0.3 is 0 Å². The highest BCUT2D eigenvalue weighted by atomic mass is 32.1. The van der Waals surface area contributed by atoms with Crippen molar-refractivity contribution >= 4 is 34.6 Å². The van der Waals surface area contributed by atoms with E-state index in [-0.39, 0.29) is 17.9 Å². The maximum absolute atomic E-state index is 12.9. The van der Waals surface area contributed by atoms with E-state index in [1.54, 1.807) is 18.4 Å². The number of hydrogen-bond acceptors (Lipinski definition) is 5. The third-order valence-electron chi connectivity index (χ3n) is 4.24. The van der Waals surface area contributed by atoms with Gasteiger partial charge < -0.3 is 9.73 Å². The maximum Gasteiger partial charge on any atom is 0.284 e. The molecule has 0 fully saturated rings. The Labute approximate surface area is 160 Å². The lowest BCUT2D eigenvalue weighted by Gasteiger charge is -2.19. The number of carbonyl (C=O) groups excluding carboxylic acids is 2. The fraction of sp³-hybridized carbons (Fsp3) is 0.150. The molecule has 0 radical (unpaired) electrons. The van der Waals surface area contributed by atoms with Crippen molar-refractivity contribution in [1.29, 1.82) is 0 Å². The molecule has 7 heteroatoms. The van der Waals surface area contributed by atoms with Crippen molar-refractivity contribution in [3.8, 4) is 0 Å². The number of furan rings is 1. The quantitative estimate of drug-likeness (QED) is 0.735. The molecular weight excluding hydrogens is 362 g/mol. The van der Waals surface area contributed by atoms with E-state index < -0.39 is 0 Å². The summed E-state index contributed by atoms with van der Waals surface area (Å²) in [6.45, 7) is 1.47. The Morgan fingerprint density at radius 3 is 2.81 bits per heavy atom. The number of nitrogens with one attached hydrogen (secondary N) is 1. The average molecular weight is 379 g/mol. The van der Waals surface area contributed by atoms with Crippen LogP contribution >= 0.6 is 11.3 Å². The van der Waals surface area contributed by atoms with Crippen molar-refractivity contribution in [2.24, 2.45) is 5.10 Å². The predicted octanol–water partition coefficient (Wildman–Crippen LogP) is 4.29. The second-order valence-electron chi connectivity index (χ2n) is 6.17. The topological polar surface area (TPSA) is 74.9 Å². The molecule has 136 valence electrons. The van der Waals surface area contributed by atoms with Gasteiger partial charge in [-0.25, -0.2) is 5.01 Å². The molecule has 0 aliphatic carbocycles. The van der Waals surface area contributed by atoms with Gasteiger partial charge in [-0.3, -0.25) is 9.59 Å². The van der Waals surface area contributed by atoms with Crippen LogP contribution < -0.4 is 5.32 Å². The van der Waals surface area contributed by atoms with Gasteiger partial charge in [-0.05, 0) is 41.3 Å². The summed E-state index contributed by atoms with van der Waals surface area (Å²) in [5, 5.41) is 10.7. The molecule has 1 unspecified atom stereocenters. The first-order valence-corrected chi connectivity index (χ1v) is 9.36. The van der Waals surface area contributed by atoms with E-state index in [0.29, 0.717) is 22.7 Å². The highest BCUT2D eigenvalue weighted by Gasteiger charge is 2.35. The molecule has 6 nitrogen and oxygen atoms in total. The smallest absolute Gasteiger partial charge is 0.284 e. The molecule has 0 saturated heterocycles. The molecule has 1 aliphatic heterocycles. The van der Waals surface area contributed by atoms with Crippen molar-refractivity contribution < 1.29 is 14.0 Å². The third-order valence-corrected chi connectivity index (χ3v) is 5.10. The van der Waals surface area contributed by atoms with Crippen LogP contribution in [-0.2, 0) is 4.79 Å². The van der Waals surface area contributed by atoms with E-state index in [1.165, 1.54) is 23.3 Å². The first kappa shape index (κ1) is 17.2. The minimum Gasteiger partial charge on any atom is -0.467 e. The van der Waals surface area contributed by atoms with Gasteiger partial charge in [-0.2, -0.15) is 5.10 Å². The van der Waals surface area contributed by atoms with Crippen molar-refractivity contribution in [3.05, 3.63) is 76.4 Å². The Bertz CT molecular complexity index is 993. The lowest BCUT2D eigenvalue weighted by atomic mass is 10.0. The number of thiophene rings is 1. The van der Waals surface area contributed by atoms with Crippen molar-refractivity contribution in [2.45, 2.75) is 19.4 Å². The molecule has 27 heavy (non-hydrogen) atoms. The van der Waals surface area contributed by atoms with Crippen LogP contribution in [0.5, 0.6) is 0 Å². The van der Waals surface area contributed by atoms with Gasteiger partial charge in [0.1, 0.15) is 11.8 Å². The first-order chi connectivity index (χ1) is 13.1. The van der Waals surface area contributed by atoms with E-state index in [4.69, 9.17) is 4.42 Å². The zero-order chi connectivity index (χ0) is 18.8. The van der Waals surface area contributed by atoms with Crippen LogP contribution in [-0.4, -0.2) is 22.5 Å². The first-order valence-electron chi connectivity index (χ1n) is 8.48. The minimum atomic E-state index is -0.297. The second-order valence-corrected chi connectivity index (χ2v) is 7.12. The molecule has 3 aromatic rings. The monoisotopic (exact) mass is 379 g/mol. The number of amides is 2. The fourth-order valence-corrected chi connectivity index (χ4v) is 3.72. The predicted molar refractivity (Wildman–Crippen MR) is 104 cm³/mol. The van der Waals surface area contributed by atoms with E-state index in [2.05, 4.69) is 10.4 Å². The van der Waals surface area contributed by atoms with E-state index in [9.17, 15) is 9.59 Å². The number of hydrazone groups is 1. The molecule has 0 bridgehead atoms. The Balaban J connectivity index is 1.68. The maximum atomic E-state index is 12.9. The van der Waals surface area contributed by atoms with Gasteiger partial charge in [-0.15, -0.1) is 11.3 Å². The molecule has 2 aromatic heterocycles. The Hall–Kier alpha value is -3.19. The lowest BCUT2D eigenvalue weighted by Crippen LogP contribution is -2.26. The standard InChI is InChI=1S/C20H17N3O3S/c1-13(24)21-15-6-2-5-14(11-15)16-12-17(18-7-3-9-26-18)23(22-16)20(25)19-8-4-10-27-19/h2-11,17H,12H2,1H3,(H,21,24). The highest BCUT2D eigenvalue weighted by Crippen LogP contribution is 2.35. The summed E-state index contributed by atoms with van der Waals surface area (Å²) < 4.78 is 5.55. The van der Waals surface area contributed by atoms with Crippen LogP contribution in [0.2, 0.25) is 0 Å². The summed E-state index contributed by atoms with van der Waals surface area (Å²) >= 11 is 1.38. The van der Waals surface area contributed by atoms with Gasteiger partial charge in [0.15, 0.2) is 0 Å². The molecular formula is C20H17N3O3S. The summed E-state index contributed by atoms with van der Waals surface area (Å²) in [6, 6.07) is 14.4.